The molecule has 1 aliphatic rings. The molecule has 19 heavy (non-hydrogen) atoms. The van der Waals surface area contributed by atoms with Crippen LogP contribution in [0.15, 0.2) is 30.3 Å². The molecule has 106 valence electrons. The minimum Gasteiger partial charge on any atom is -0.390 e. The van der Waals surface area contributed by atoms with E-state index in [2.05, 4.69) is 37.3 Å². The summed E-state index contributed by atoms with van der Waals surface area (Å²) in [6.07, 6.45) is 10.3. The molecule has 1 nitrogen and oxygen atoms in total. The summed E-state index contributed by atoms with van der Waals surface area (Å²) in [7, 11) is 0. The molecule has 1 fully saturated rings. The number of rotatable bonds is 5. The van der Waals surface area contributed by atoms with Crippen LogP contribution in [0.1, 0.15) is 63.9 Å². The summed E-state index contributed by atoms with van der Waals surface area (Å²) in [5, 5.41) is 10.8. The summed E-state index contributed by atoms with van der Waals surface area (Å²) in [6, 6.07) is 10.6. The minimum absolute atomic E-state index is 0.404. The summed E-state index contributed by atoms with van der Waals surface area (Å²) in [5.41, 5.74) is 0.948. The molecular weight excluding hydrogens is 232 g/mol. The van der Waals surface area contributed by atoms with Gasteiger partial charge in [-0.15, -0.1) is 0 Å². The lowest BCUT2D eigenvalue weighted by atomic mass is 9.87. The maximum absolute atomic E-state index is 10.8. The fourth-order valence-electron chi connectivity index (χ4n) is 3.43. The number of aliphatic hydroxyl groups is 1. The predicted octanol–water partition coefficient (Wildman–Crippen LogP) is 4.73. The Labute approximate surface area is 118 Å². The SMILES string of the molecule is CCCC1CCCC(O)(CCc2ccccc2)CC1. The summed E-state index contributed by atoms with van der Waals surface area (Å²) in [4.78, 5) is 0. The van der Waals surface area contributed by atoms with Crippen molar-refractivity contribution in [3.05, 3.63) is 35.9 Å². The topological polar surface area (TPSA) is 20.2 Å². The van der Waals surface area contributed by atoms with E-state index in [0.29, 0.717) is 0 Å². The summed E-state index contributed by atoms with van der Waals surface area (Å²) < 4.78 is 0. The first kappa shape index (κ1) is 14.6. The van der Waals surface area contributed by atoms with Gasteiger partial charge < -0.3 is 5.11 Å². The zero-order chi connectivity index (χ0) is 13.6. The van der Waals surface area contributed by atoms with Gasteiger partial charge >= 0.3 is 0 Å². The van der Waals surface area contributed by atoms with Crippen LogP contribution < -0.4 is 0 Å². The van der Waals surface area contributed by atoms with E-state index >= 15 is 0 Å². The van der Waals surface area contributed by atoms with Gasteiger partial charge in [-0.2, -0.15) is 0 Å². The molecule has 0 aromatic heterocycles. The molecule has 1 heteroatoms. The van der Waals surface area contributed by atoms with Gasteiger partial charge in [-0.25, -0.2) is 0 Å². The molecular formula is C18H28O. The van der Waals surface area contributed by atoms with Crippen molar-refractivity contribution in [3.63, 3.8) is 0 Å². The predicted molar refractivity (Wildman–Crippen MR) is 81.2 cm³/mol. The Bertz CT molecular complexity index is 359. The molecule has 2 atom stereocenters. The second-order valence-corrected chi connectivity index (χ2v) is 6.30. The van der Waals surface area contributed by atoms with E-state index in [1.807, 2.05) is 0 Å². The molecule has 0 amide bonds. The molecule has 1 aromatic carbocycles. The smallest absolute Gasteiger partial charge is 0.0651 e. The van der Waals surface area contributed by atoms with Crippen molar-refractivity contribution in [3.8, 4) is 0 Å². The fraction of sp³-hybridized carbons (Fsp3) is 0.667. The van der Waals surface area contributed by atoms with Gasteiger partial charge in [0.25, 0.3) is 0 Å². The molecule has 0 spiro atoms. The van der Waals surface area contributed by atoms with Crippen LogP contribution in [0.3, 0.4) is 0 Å². The zero-order valence-corrected chi connectivity index (χ0v) is 12.3. The monoisotopic (exact) mass is 260 g/mol. The van der Waals surface area contributed by atoms with E-state index in [-0.39, 0.29) is 0 Å². The first-order chi connectivity index (χ1) is 9.22. The van der Waals surface area contributed by atoms with E-state index < -0.39 is 5.60 Å². The molecule has 1 aromatic rings. The summed E-state index contributed by atoms with van der Waals surface area (Å²) >= 11 is 0. The average Bonchev–Trinajstić information content (AvgIpc) is 2.62. The van der Waals surface area contributed by atoms with Crippen LogP contribution in [0.5, 0.6) is 0 Å². The third kappa shape index (κ3) is 4.65. The third-order valence-electron chi connectivity index (χ3n) is 4.69. The highest BCUT2D eigenvalue weighted by Crippen LogP contribution is 2.35. The van der Waals surface area contributed by atoms with Crippen molar-refractivity contribution in [2.75, 3.05) is 0 Å². The van der Waals surface area contributed by atoms with Crippen molar-refractivity contribution in [1.29, 1.82) is 0 Å². The molecule has 2 unspecified atom stereocenters. The van der Waals surface area contributed by atoms with Gasteiger partial charge in [-0.1, -0.05) is 62.9 Å². The van der Waals surface area contributed by atoms with Gasteiger partial charge in [0.2, 0.25) is 0 Å². The molecule has 0 aliphatic heterocycles. The van der Waals surface area contributed by atoms with Crippen molar-refractivity contribution < 1.29 is 5.11 Å². The van der Waals surface area contributed by atoms with Crippen LogP contribution in [0, 0.1) is 5.92 Å². The Morgan fingerprint density at radius 2 is 1.95 bits per heavy atom. The van der Waals surface area contributed by atoms with Crippen molar-refractivity contribution in [2.24, 2.45) is 5.92 Å². The van der Waals surface area contributed by atoms with Crippen LogP contribution in [0.4, 0.5) is 0 Å². The lowest BCUT2D eigenvalue weighted by molar-refractivity contribution is 0.0156. The van der Waals surface area contributed by atoms with Crippen molar-refractivity contribution in [1.82, 2.24) is 0 Å². The maximum atomic E-state index is 10.8. The average molecular weight is 260 g/mol. The zero-order valence-electron chi connectivity index (χ0n) is 12.3. The Hall–Kier alpha value is -0.820. The minimum atomic E-state index is -0.404. The molecule has 1 N–H and O–H groups in total. The molecule has 0 saturated heterocycles. The normalized spacial score (nSPS) is 28.0. The van der Waals surface area contributed by atoms with Gasteiger partial charge in [0.15, 0.2) is 0 Å². The summed E-state index contributed by atoms with van der Waals surface area (Å²) in [6.45, 7) is 2.27. The van der Waals surface area contributed by atoms with Gasteiger partial charge in [-0.05, 0) is 43.6 Å². The van der Waals surface area contributed by atoms with Gasteiger partial charge in [-0.3, -0.25) is 0 Å². The molecule has 0 bridgehead atoms. The number of benzene rings is 1. The first-order valence-corrected chi connectivity index (χ1v) is 7.98. The quantitative estimate of drug-likeness (QED) is 0.759. The van der Waals surface area contributed by atoms with Crippen LogP contribution in [-0.4, -0.2) is 10.7 Å². The van der Waals surface area contributed by atoms with Gasteiger partial charge in [0, 0.05) is 0 Å². The molecule has 1 saturated carbocycles. The van der Waals surface area contributed by atoms with Crippen LogP contribution in [-0.2, 0) is 6.42 Å². The standard InChI is InChI=1S/C18H28O/c1-2-7-16-10-6-13-18(19,14-11-16)15-12-17-8-4-3-5-9-17/h3-5,8-9,16,19H,2,6-7,10-15H2,1H3. The summed E-state index contributed by atoms with van der Waals surface area (Å²) in [5.74, 6) is 0.857. The fourth-order valence-corrected chi connectivity index (χ4v) is 3.43. The lowest BCUT2D eigenvalue weighted by Gasteiger charge is -2.27. The lowest BCUT2D eigenvalue weighted by Crippen LogP contribution is -2.28. The molecule has 1 aliphatic carbocycles. The van der Waals surface area contributed by atoms with Crippen LogP contribution in [0.25, 0.3) is 0 Å². The van der Waals surface area contributed by atoms with E-state index in [0.717, 1.165) is 31.6 Å². The van der Waals surface area contributed by atoms with Gasteiger partial charge in [0.05, 0.1) is 5.60 Å². The van der Waals surface area contributed by atoms with Gasteiger partial charge in [0.1, 0.15) is 0 Å². The first-order valence-electron chi connectivity index (χ1n) is 7.98. The second-order valence-electron chi connectivity index (χ2n) is 6.30. The molecule has 2 rings (SSSR count). The Balaban J connectivity index is 1.85. The highest BCUT2D eigenvalue weighted by molar-refractivity contribution is 5.15. The van der Waals surface area contributed by atoms with E-state index in [9.17, 15) is 5.11 Å². The van der Waals surface area contributed by atoms with E-state index in [1.54, 1.807) is 0 Å². The Morgan fingerprint density at radius 3 is 2.68 bits per heavy atom. The highest BCUT2D eigenvalue weighted by Gasteiger charge is 2.30. The van der Waals surface area contributed by atoms with Crippen molar-refractivity contribution >= 4 is 0 Å². The van der Waals surface area contributed by atoms with E-state index in [1.165, 1.54) is 37.7 Å². The number of hydrogen-bond donors (Lipinski definition) is 1. The molecule has 0 radical (unpaired) electrons. The largest absolute Gasteiger partial charge is 0.390 e. The second kappa shape index (κ2) is 7.09. The Kier molecular flexibility index (Phi) is 5.45. The van der Waals surface area contributed by atoms with Crippen molar-refractivity contribution in [2.45, 2.75) is 70.3 Å². The Morgan fingerprint density at radius 1 is 1.16 bits per heavy atom. The van der Waals surface area contributed by atoms with Crippen LogP contribution >= 0.6 is 0 Å². The van der Waals surface area contributed by atoms with Crippen LogP contribution in [0.2, 0.25) is 0 Å². The van der Waals surface area contributed by atoms with E-state index in [4.69, 9.17) is 0 Å². The number of hydrogen-bond acceptors (Lipinski definition) is 1. The highest BCUT2D eigenvalue weighted by atomic mass is 16.3. The number of aryl methyl sites for hydroxylation is 1. The maximum Gasteiger partial charge on any atom is 0.0651 e. The molecule has 0 heterocycles. The third-order valence-corrected chi connectivity index (χ3v) is 4.69.